The highest BCUT2D eigenvalue weighted by Crippen LogP contribution is 2.10. The first-order chi connectivity index (χ1) is 4.95. The molecule has 0 radical (unpaired) electrons. The van der Waals surface area contributed by atoms with Crippen molar-refractivity contribution in [1.29, 1.82) is 0 Å². The van der Waals surface area contributed by atoms with Crippen LogP contribution in [0.1, 0.15) is 27.2 Å². The van der Waals surface area contributed by atoms with Gasteiger partial charge < -0.3 is 0 Å². The highest BCUT2D eigenvalue weighted by molar-refractivity contribution is 6.40. The molecule has 0 saturated heterocycles. The van der Waals surface area contributed by atoms with Gasteiger partial charge in [-0.25, -0.2) is 0 Å². The van der Waals surface area contributed by atoms with Crippen molar-refractivity contribution in [3.63, 3.8) is 0 Å². The molecule has 0 spiro atoms. The number of nitrogens with zero attached hydrogens (tertiary/aromatic N) is 1. The zero-order valence-corrected chi connectivity index (χ0v) is 6.88. The maximum Gasteiger partial charge on any atom is 0.228 e. The highest BCUT2D eigenvalue weighted by atomic mass is 16.3. The Morgan fingerprint density at radius 2 is 1.82 bits per heavy atom. The number of nitroso groups, excluding NO2 is 1. The first kappa shape index (κ1) is 9.94. The fourth-order valence-corrected chi connectivity index (χ4v) is 0.543. The molecule has 62 valence electrons. The number of rotatable bonds is 4. The number of Topliss-reactive ketones (excluding diaryl/α,β-unsaturated/α-hetero) is 2. The largest absolute Gasteiger partial charge is 0.291 e. The van der Waals surface area contributed by atoms with Crippen molar-refractivity contribution >= 4 is 11.6 Å². The Kier molecular flexibility index (Phi) is 3.04. The average molecular weight is 157 g/mol. The van der Waals surface area contributed by atoms with Crippen LogP contribution in [-0.4, -0.2) is 17.1 Å². The van der Waals surface area contributed by atoms with Crippen molar-refractivity contribution in [2.24, 2.45) is 5.18 Å². The summed E-state index contributed by atoms with van der Waals surface area (Å²) in [6.45, 7) is 4.23. The Morgan fingerprint density at radius 1 is 1.36 bits per heavy atom. The first-order valence-corrected chi connectivity index (χ1v) is 3.38. The van der Waals surface area contributed by atoms with Crippen LogP contribution in [0.15, 0.2) is 5.18 Å². The van der Waals surface area contributed by atoms with Crippen LogP contribution in [0.2, 0.25) is 0 Å². The molecule has 4 nitrogen and oxygen atoms in total. The molecular formula is C7H11NO3. The SMILES string of the molecule is CCC(=O)C(=O)C(C)(C)N=O. The van der Waals surface area contributed by atoms with E-state index >= 15 is 0 Å². The van der Waals surface area contributed by atoms with Gasteiger partial charge >= 0.3 is 0 Å². The average Bonchev–Trinajstić information content (AvgIpc) is 2.01. The van der Waals surface area contributed by atoms with E-state index in [2.05, 4.69) is 5.18 Å². The molecular weight excluding hydrogens is 146 g/mol. The Balaban J connectivity index is 4.48. The molecule has 0 bridgehead atoms. The Morgan fingerprint density at radius 3 is 2.09 bits per heavy atom. The van der Waals surface area contributed by atoms with Gasteiger partial charge in [0, 0.05) is 6.42 Å². The Hall–Kier alpha value is -1.06. The van der Waals surface area contributed by atoms with Crippen LogP contribution in [0.25, 0.3) is 0 Å². The van der Waals surface area contributed by atoms with Crippen LogP contribution in [-0.2, 0) is 9.59 Å². The number of carbonyl (C=O) groups is 2. The summed E-state index contributed by atoms with van der Waals surface area (Å²) in [6, 6.07) is 0. The summed E-state index contributed by atoms with van der Waals surface area (Å²) in [7, 11) is 0. The fourth-order valence-electron chi connectivity index (χ4n) is 0.543. The third-order valence-corrected chi connectivity index (χ3v) is 1.36. The lowest BCUT2D eigenvalue weighted by atomic mass is 9.96. The molecule has 0 aromatic heterocycles. The van der Waals surface area contributed by atoms with Gasteiger partial charge in [-0.15, -0.1) is 4.91 Å². The van der Waals surface area contributed by atoms with E-state index in [1.54, 1.807) is 6.92 Å². The number of hydrogen-bond acceptors (Lipinski definition) is 4. The van der Waals surface area contributed by atoms with Crippen molar-refractivity contribution in [3.8, 4) is 0 Å². The third-order valence-electron chi connectivity index (χ3n) is 1.36. The maximum atomic E-state index is 11.0. The van der Waals surface area contributed by atoms with E-state index in [1.807, 2.05) is 0 Å². The second-order valence-electron chi connectivity index (χ2n) is 2.76. The molecule has 0 saturated carbocycles. The minimum absolute atomic E-state index is 0.123. The molecule has 0 aliphatic carbocycles. The minimum atomic E-state index is -1.40. The molecule has 0 amide bonds. The van der Waals surface area contributed by atoms with Crippen LogP contribution >= 0.6 is 0 Å². The smallest absolute Gasteiger partial charge is 0.228 e. The third kappa shape index (κ3) is 2.22. The fraction of sp³-hybridized carbons (Fsp3) is 0.714. The summed E-state index contributed by atoms with van der Waals surface area (Å²) < 4.78 is 0. The summed E-state index contributed by atoms with van der Waals surface area (Å²) >= 11 is 0. The van der Waals surface area contributed by atoms with Crippen molar-refractivity contribution in [3.05, 3.63) is 4.91 Å². The second-order valence-corrected chi connectivity index (χ2v) is 2.76. The van der Waals surface area contributed by atoms with Crippen LogP contribution in [0, 0.1) is 4.91 Å². The molecule has 0 unspecified atom stereocenters. The Labute approximate surface area is 64.9 Å². The monoisotopic (exact) mass is 157 g/mol. The minimum Gasteiger partial charge on any atom is -0.291 e. The van der Waals surface area contributed by atoms with Gasteiger partial charge in [-0.1, -0.05) is 12.1 Å². The summed E-state index contributed by atoms with van der Waals surface area (Å²) in [5.74, 6) is -1.26. The molecule has 4 heteroatoms. The van der Waals surface area contributed by atoms with Gasteiger partial charge in [-0.05, 0) is 13.8 Å². The van der Waals surface area contributed by atoms with Gasteiger partial charge in [-0.3, -0.25) is 9.59 Å². The molecule has 0 aromatic rings. The quantitative estimate of drug-likeness (QED) is 0.453. The van der Waals surface area contributed by atoms with E-state index in [1.165, 1.54) is 13.8 Å². The zero-order valence-electron chi connectivity index (χ0n) is 6.88. The number of ketones is 2. The normalized spacial score (nSPS) is 10.8. The van der Waals surface area contributed by atoms with Crippen LogP contribution in [0.3, 0.4) is 0 Å². The standard InChI is InChI=1S/C7H11NO3/c1-4-5(9)6(10)7(2,3)8-11/h4H2,1-3H3. The molecule has 0 atom stereocenters. The lowest BCUT2D eigenvalue weighted by molar-refractivity contribution is -0.138. The lowest BCUT2D eigenvalue weighted by Crippen LogP contribution is -2.34. The number of carbonyl (C=O) groups excluding carboxylic acids is 2. The van der Waals surface area contributed by atoms with Crippen LogP contribution < -0.4 is 0 Å². The van der Waals surface area contributed by atoms with E-state index in [0.29, 0.717) is 0 Å². The summed E-state index contributed by atoms with van der Waals surface area (Å²) in [5.41, 5.74) is -1.40. The molecule has 0 N–H and O–H groups in total. The summed E-state index contributed by atoms with van der Waals surface area (Å²) in [6.07, 6.45) is 0.123. The summed E-state index contributed by atoms with van der Waals surface area (Å²) in [5, 5.41) is 2.57. The van der Waals surface area contributed by atoms with E-state index in [9.17, 15) is 14.5 Å². The van der Waals surface area contributed by atoms with Gasteiger partial charge in [0.2, 0.25) is 11.6 Å². The maximum absolute atomic E-state index is 11.0. The van der Waals surface area contributed by atoms with Crippen molar-refractivity contribution in [2.75, 3.05) is 0 Å². The molecule has 0 rings (SSSR count). The molecule has 0 aliphatic heterocycles. The molecule has 0 fully saturated rings. The highest BCUT2D eigenvalue weighted by Gasteiger charge is 2.32. The predicted molar refractivity (Wildman–Crippen MR) is 40.2 cm³/mol. The van der Waals surface area contributed by atoms with E-state index in [0.717, 1.165) is 0 Å². The molecule has 0 aliphatic rings. The molecule has 0 aromatic carbocycles. The van der Waals surface area contributed by atoms with Gasteiger partial charge in [0.15, 0.2) is 5.54 Å². The van der Waals surface area contributed by atoms with Crippen LogP contribution in [0.5, 0.6) is 0 Å². The predicted octanol–water partition coefficient (Wildman–Crippen LogP) is 1.08. The van der Waals surface area contributed by atoms with Gasteiger partial charge in [-0.2, -0.15) is 0 Å². The van der Waals surface area contributed by atoms with Gasteiger partial charge in [0.25, 0.3) is 0 Å². The van der Waals surface area contributed by atoms with E-state index in [4.69, 9.17) is 0 Å². The lowest BCUT2D eigenvalue weighted by Gasteiger charge is -2.10. The van der Waals surface area contributed by atoms with Crippen molar-refractivity contribution in [1.82, 2.24) is 0 Å². The van der Waals surface area contributed by atoms with Crippen LogP contribution in [0.4, 0.5) is 0 Å². The van der Waals surface area contributed by atoms with Gasteiger partial charge in [0.05, 0.1) is 0 Å². The molecule has 0 heterocycles. The second kappa shape index (κ2) is 3.37. The molecule has 11 heavy (non-hydrogen) atoms. The van der Waals surface area contributed by atoms with Crippen molar-refractivity contribution in [2.45, 2.75) is 32.7 Å². The first-order valence-electron chi connectivity index (χ1n) is 3.38. The summed E-state index contributed by atoms with van der Waals surface area (Å²) in [4.78, 5) is 31.8. The Bertz CT molecular complexity index is 196. The zero-order chi connectivity index (χ0) is 9.07. The number of hydrogen-bond donors (Lipinski definition) is 0. The topological polar surface area (TPSA) is 63.6 Å². The van der Waals surface area contributed by atoms with E-state index < -0.39 is 17.1 Å². The van der Waals surface area contributed by atoms with Gasteiger partial charge in [0.1, 0.15) is 0 Å². The van der Waals surface area contributed by atoms with E-state index in [-0.39, 0.29) is 6.42 Å². The van der Waals surface area contributed by atoms with Crippen molar-refractivity contribution < 1.29 is 9.59 Å².